The molecule has 3 rings (SSSR count). The molecular weight excluding hydrogens is 416 g/mol. The molecule has 1 saturated heterocycles. The van der Waals surface area contributed by atoms with Crippen LogP contribution in [0.25, 0.3) is 11.0 Å². The van der Waals surface area contributed by atoms with E-state index >= 15 is 0 Å². The van der Waals surface area contributed by atoms with E-state index in [0.29, 0.717) is 6.04 Å². The number of hydrogen-bond donors (Lipinski definition) is 2. The van der Waals surface area contributed by atoms with E-state index in [2.05, 4.69) is 70.7 Å². The van der Waals surface area contributed by atoms with Crippen LogP contribution in [0, 0.1) is 11.3 Å². The molecule has 5 nitrogen and oxygen atoms in total. The van der Waals surface area contributed by atoms with Crippen LogP contribution in [0.4, 0.5) is 11.4 Å². The lowest BCUT2D eigenvalue weighted by Crippen LogP contribution is -2.47. The number of carbonyl (C=O) groups is 1. The number of fused-ring (bicyclic) bond motifs is 1. The molecule has 2 N–H and O–H groups in total. The van der Waals surface area contributed by atoms with Gasteiger partial charge in [0, 0.05) is 30.9 Å². The smallest absolute Gasteiger partial charge is 0.227 e. The molecule has 3 heterocycles. The van der Waals surface area contributed by atoms with Crippen molar-refractivity contribution in [2.24, 2.45) is 11.3 Å². The molecule has 1 fully saturated rings. The molecule has 0 spiro atoms. The summed E-state index contributed by atoms with van der Waals surface area (Å²) in [5.74, 6) is 0.119. The predicted octanol–water partition coefficient (Wildman–Crippen LogP) is 6.11. The van der Waals surface area contributed by atoms with E-state index in [1.165, 1.54) is 19.3 Å². The van der Waals surface area contributed by atoms with Crippen LogP contribution in [0.3, 0.4) is 0 Å². The first-order valence-corrected chi connectivity index (χ1v) is 11.3. The molecular formula is C22H33BrN4O. The molecule has 1 aliphatic heterocycles. The van der Waals surface area contributed by atoms with Gasteiger partial charge in [-0.25, -0.2) is 4.98 Å². The fraction of sp³-hybridized carbons (Fsp3) is 0.636. The van der Waals surface area contributed by atoms with E-state index in [4.69, 9.17) is 0 Å². The normalized spacial score (nSPS) is 18.1. The van der Waals surface area contributed by atoms with Gasteiger partial charge in [0.1, 0.15) is 5.65 Å². The topological polar surface area (TPSA) is 61.0 Å². The van der Waals surface area contributed by atoms with Gasteiger partial charge in [-0.15, -0.1) is 0 Å². The SMILES string of the molecule is CCC(CC)C(=O)Nc1c[nH]c2ncc(Br)c(N3CCCC[C@@H]3C(C)(C)C)c12. The zero-order valence-electron chi connectivity index (χ0n) is 17.7. The number of aromatic nitrogens is 2. The Kier molecular flexibility index (Phi) is 6.37. The Balaban J connectivity index is 2.08. The van der Waals surface area contributed by atoms with Crippen molar-refractivity contribution in [2.45, 2.75) is 72.8 Å². The minimum Gasteiger partial charge on any atom is -0.366 e. The Morgan fingerprint density at radius 2 is 2.07 bits per heavy atom. The van der Waals surface area contributed by atoms with E-state index < -0.39 is 0 Å². The van der Waals surface area contributed by atoms with Crippen LogP contribution in [0.2, 0.25) is 0 Å². The van der Waals surface area contributed by atoms with Crippen LogP contribution < -0.4 is 10.2 Å². The number of nitrogens with one attached hydrogen (secondary N) is 2. The fourth-order valence-electron chi connectivity index (χ4n) is 4.43. The van der Waals surface area contributed by atoms with Gasteiger partial charge in [-0.2, -0.15) is 0 Å². The molecule has 2 aromatic rings. The molecule has 2 aromatic heterocycles. The summed E-state index contributed by atoms with van der Waals surface area (Å²) >= 11 is 3.76. The van der Waals surface area contributed by atoms with Crippen molar-refractivity contribution in [3.63, 3.8) is 0 Å². The molecule has 1 aliphatic rings. The Hall–Kier alpha value is -1.56. The van der Waals surface area contributed by atoms with Crippen LogP contribution >= 0.6 is 15.9 Å². The predicted molar refractivity (Wildman–Crippen MR) is 121 cm³/mol. The number of anilines is 2. The molecule has 0 radical (unpaired) electrons. The van der Waals surface area contributed by atoms with Gasteiger partial charge < -0.3 is 15.2 Å². The average molecular weight is 449 g/mol. The summed E-state index contributed by atoms with van der Waals surface area (Å²) in [6.45, 7) is 12.1. The molecule has 0 aliphatic carbocycles. The quantitative estimate of drug-likeness (QED) is 0.579. The number of H-pyrrole nitrogens is 1. The Morgan fingerprint density at radius 3 is 2.71 bits per heavy atom. The summed E-state index contributed by atoms with van der Waals surface area (Å²) in [6, 6.07) is 0.445. The second-order valence-electron chi connectivity index (χ2n) is 8.95. The van der Waals surface area contributed by atoms with Crippen molar-refractivity contribution in [2.75, 3.05) is 16.8 Å². The number of halogens is 1. The third-order valence-electron chi connectivity index (χ3n) is 6.03. The summed E-state index contributed by atoms with van der Waals surface area (Å²) in [5, 5.41) is 4.17. The van der Waals surface area contributed by atoms with Gasteiger partial charge in [-0.1, -0.05) is 34.6 Å². The first kappa shape index (κ1) is 21.2. The van der Waals surface area contributed by atoms with Crippen molar-refractivity contribution in [1.29, 1.82) is 0 Å². The van der Waals surface area contributed by atoms with Gasteiger partial charge in [-0.05, 0) is 53.4 Å². The largest absolute Gasteiger partial charge is 0.366 e. The van der Waals surface area contributed by atoms with Crippen molar-refractivity contribution in [3.8, 4) is 0 Å². The van der Waals surface area contributed by atoms with Crippen molar-refractivity contribution < 1.29 is 4.79 Å². The number of amides is 1. The maximum atomic E-state index is 12.7. The summed E-state index contributed by atoms with van der Waals surface area (Å²) in [6.07, 6.45) is 9.06. The summed E-state index contributed by atoms with van der Waals surface area (Å²) in [5.41, 5.74) is 2.96. The minimum absolute atomic E-state index is 0.0332. The number of aromatic amines is 1. The van der Waals surface area contributed by atoms with E-state index in [-0.39, 0.29) is 17.2 Å². The molecule has 1 atom stereocenters. The van der Waals surface area contributed by atoms with Crippen molar-refractivity contribution in [3.05, 3.63) is 16.9 Å². The highest BCUT2D eigenvalue weighted by Gasteiger charge is 2.35. The van der Waals surface area contributed by atoms with Gasteiger partial charge >= 0.3 is 0 Å². The Labute approximate surface area is 176 Å². The monoisotopic (exact) mass is 448 g/mol. The molecule has 1 amide bonds. The van der Waals surface area contributed by atoms with E-state index in [9.17, 15) is 4.79 Å². The first-order chi connectivity index (χ1) is 13.3. The number of piperidine rings is 1. The maximum Gasteiger partial charge on any atom is 0.227 e. The summed E-state index contributed by atoms with van der Waals surface area (Å²) < 4.78 is 0.980. The average Bonchev–Trinajstić information content (AvgIpc) is 3.05. The van der Waals surface area contributed by atoms with Gasteiger partial charge in [0.05, 0.1) is 21.2 Å². The van der Waals surface area contributed by atoms with Crippen LogP contribution in [0.5, 0.6) is 0 Å². The molecule has 0 aromatic carbocycles. The molecule has 28 heavy (non-hydrogen) atoms. The first-order valence-electron chi connectivity index (χ1n) is 10.5. The third kappa shape index (κ3) is 4.07. The summed E-state index contributed by atoms with van der Waals surface area (Å²) in [7, 11) is 0. The number of hydrogen-bond acceptors (Lipinski definition) is 3. The van der Waals surface area contributed by atoms with Crippen LogP contribution in [0.15, 0.2) is 16.9 Å². The maximum absolute atomic E-state index is 12.7. The standard InChI is InChI=1S/C22H33BrN4O/c1-6-14(7-2)21(28)26-16-13-25-20-18(16)19(15(23)12-24-20)27-11-9-8-10-17(27)22(3,4)5/h12-14,17H,6-11H2,1-5H3,(H,24,25)(H,26,28)/t17-/m1/s1. The number of rotatable bonds is 5. The fourth-order valence-corrected chi connectivity index (χ4v) is 4.96. The number of pyridine rings is 1. The Morgan fingerprint density at radius 1 is 1.36 bits per heavy atom. The molecule has 6 heteroatoms. The number of carbonyl (C=O) groups excluding carboxylic acids is 1. The molecule has 0 unspecified atom stereocenters. The van der Waals surface area contributed by atoms with E-state index in [1.807, 2.05) is 12.4 Å². The second kappa shape index (κ2) is 8.44. The van der Waals surface area contributed by atoms with Crippen LogP contribution in [0.1, 0.15) is 66.7 Å². The van der Waals surface area contributed by atoms with Gasteiger partial charge in [0.25, 0.3) is 0 Å². The van der Waals surface area contributed by atoms with Gasteiger partial charge in [0.2, 0.25) is 5.91 Å². The number of nitrogens with zero attached hydrogens (tertiary/aromatic N) is 2. The third-order valence-corrected chi connectivity index (χ3v) is 6.61. The Bertz CT molecular complexity index is 835. The second-order valence-corrected chi connectivity index (χ2v) is 9.81. The van der Waals surface area contributed by atoms with E-state index in [0.717, 1.165) is 46.3 Å². The van der Waals surface area contributed by atoms with Crippen LogP contribution in [-0.2, 0) is 4.79 Å². The lowest BCUT2D eigenvalue weighted by molar-refractivity contribution is -0.120. The summed E-state index contributed by atoms with van der Waals surface area (Å²) in [4.78, 5) is 23.1. The van der Waals surface area contributed by atoms with Crippen molar-refractivity contribution in [1.82, 2.24) is 9.97 Å². The molecule has 0 saturated carbocycles. The van der Waals surface area contributed by atoms with Gasteiger partial charge in [0.15, 0.2) is 0 Å². The van der Waals surface area contributed by atoms with Crippen molar-refractivity contribution >= 4 is 44.2 Å². The molecule has 154 valence electrons. The molecule has 0 bridgehead atoms. The lowest BCUT2D eigenvalue weighted by Gasteiger charge is -2.45. The lowest BCUT2D eigenvalue weighted by atomic mass is 9.80. The highest BCUT2D eigenvalue weighted by Crippen LogP contribution is 2.43. The zero-order chi connectivity index (χ0) is 20.5. The van der Waals surface area contributed by atoms with E-state index in [1.54, 1.807) is 0 Å². The zero-order valence-corrected chi connectivity index (χ0v) is 19.3. The highest BCUT2D eigenvalue weighted by atomic mass is 79.9. The van der Waals surface area contributed by atoms with Gasteiger partial charge in [-0.3, -0.25) is 4.79 Å². The highest BCUT2D eigenvalue weighted by molar-refractivity contribution is 9.10. The minimum atomic E-state index is 0.0332. The van der Waals surface area contributed by atoms with Crippen LogP contribution in [-0.4, -0.2) is 28.5 Å².